The Morgan fingerprint density at radius 3 is 3.00 bits per heavy atom. The zero-order chi connectivity index (χ0) is 16.9. The summed E-state index contributed by atoms with van der Waals surface area (Å²) in [6.45, 7) is 2.95. The number of carbonyl (C=O) groups excluding carboxylic acids is 1. The molecule has 24 heavy (non-hydrogen) atoms. The van der Waals surface area contributed by atoms with E-state index in [0.717, 1.165) is 19.5 Å². The molecule has 1 N–H and O–H groups in total. The summed E-state index contributed by atoms with van der Waals surface area (Å²) in [5.41, 5.74) is 1.15. The van der Waals surface area contributed by atoms with E-state index in [1.54, 1.807) is 18.3 Å². The minimum absolute atomic E-state index is 0.165. The van der Waals surface area contributed by atoms with Crippen LogP contribution in [0.5, 0.6) is 0 Å². The highest BCUT2D eigenvalue weighted by molar-refractivity contribution is 6.33. The van der Waals surface area contributed by atoms with Gasteiger partial charge in [-0.25, -0.2) is 4.39 Å². The Hall–Kier alpha value is -1.98. The van der Waals surface area contributed by atoms with Crippen LogP contribution in [0.25, 0.3) is 0 Å². The van der Waals surface area contributed by atoms with Crippen molar-refractivity contribution in [1.82, 2.24) is 15.2 Å². The fourth-order valence-electron chi connectivity index (χ4n) is 2.98. The number of nitrogens with zero attached hydrogens (tertiary/aromatic N) is 2. The highest BCUT2D eigenvalue weighted by atomic mass is 35.5. The van der Waals surface area contributed by atoms with Crippen LogP contribution in [-0.2, 0) is 6.54 Å². The van der Waals surface area contributed by atoms with E-state index in [4.69, 9.17) is 11.6 Å². The summed E-state index contributed by atoms with van der Waals surface area (Å²) in [6.07, 6.45) is 3.99. The van der Waals surface area contributed by atoms with Crippen molar-refractivity contribution in [3.63, 3.8) is 0 Å². The van der Waals surface area contributed by atoms with E-state index in [9.17, 15) is 9.18 Å². The molecule has 1 saturated heterocycles. The van der Waals surface area contributed by atoms with Crippen LogP contribution in [0.2, 0.25) is 5.02 Å². The Labute approximate surface area is 145 Å². The van der Waals surface area contributed by atoms with Gasteiger partial charge in [0.25, 0.3) is 5.91 Å². The van der Waals surface area contributed by atoms with E-state index >= 15 is 0 Å². The van der Waals surface area contributed by atoms with Gasteiger partial charge in [-0.1, -0.05) is 29.8 Å². The summed E-state index contributed by atoms with van der Waals surface area (Å²) < 4.78 is 13.7. The first-order valence-corrected chi connectivity index (χ1v) is 8.35. The molecule has 1 aromatic heterocycles. The second-order valence-corrected chi connectivity index (χ2v) is 6.45. The van der Waals surface area contributed by atoms with Crippen molar-refractivity contribution in [2.24, 2.45) is 5.92 Å². The largest absolute Gasteiger partial charge is 0.352 e. The fraction of sp³-hybridized carbons (Fsp3) is 0.333. The molecule has 0 aliphatic carbocycles. The Kier molecular flexibility index (Phi) is 5.43. The molecule has 0 bridgehead atoms. The van der Waals surface area contributed by atoms with Crippen LogP contribution in [0.15, 0.2) is 42.7 Å². The third kappa shape index (κ3) is 4.10. The summed E-state index contributed by atoms with van der Waals surface area (Å²) in [4.78, 5) is 18.2. The van der Waals surface area contributed by atoms with Crippen LogP contribution in [0.4, 0.5) is 4.39 Å². The summed E-state index contributed by atoms with van der Waals surface area (Å²) in [7, 11) is 0. The molecule has 0 unspecified atom stereocenters. The van der Waals surface area contributed by atoms with Gasteiger partial charge in [-0.15, -0.1) is 0 Å². The molecule has 3 rings (SSSR count). The van der Waals surface area contributed by atoms with E-state index in [0.29, 0.717) is 35.2 Å². The summed E-state index contributed by atoms with van der Waals surface area (Å²) in [5.74, 6) is 0.0119. The van der Waals surface area contributed by atoms with Crippen LogP contribution in [0.1, 0.15) is 22.3 Å². The number of likely N-dealkylation sites (tertiary alicyclic amines) is 1. The third-order valence-corrected chi connectivity index (χ3v) is 4.59. The van der Waals surface area contributed by atoms with Gasteiger partial charge < -0.3 is 5.32 Å². The van der Waals surface area contributed by atoms with Gasteiger partial charge in [0.2, 0.25) is 0 Å². The number of benzene rings is 1. The number of rotatable bonds is 5. The average Bonchev–Trinajstić information content (AvgIpc) is 3.03. The predicted octanol–water partition coefficient (Wildman–Crippen LogP) is 3.13. The van der Waals surface area contributed by atoms with Crippen molar-refractivity contribution >= 4 is 17.5 Å². The van der Waals surface area contributed by atoms with Gasteiger partial charge in [-0.3, -0.25) is 14.7 Å². The number of aromatic nitrogens is 1. The smallest absolute Gasteiger partial charge is 0.252 e. The zero-order valence-electron chi connectivity index (χ0n) is 13.2. The lowest BCUT2D eigenvalue weighted by Crippen LogP contribution is -2.31. The van der Waals surface area contributed by atoms with Crippen LogP contribution in [0.3, 0.4) is 0 Å². The second kappa shape index (κ2) is 7.73. The molecule has 0 radical (unpaired) electrons. The summed E-state index contributed by atoms with van der Waals surface area (Å²) in [6, 6.07) is 8.46. The standard InChI is InChI=1S/C18H19ClFN3O/c19-16-10-21-7-5-15(16)18(24)22-9-13-6-8-23(11-13)12-14-3-1-2-4-17(14)20/h1-5,7,10,13H,6,8-9,11-12H2,(H,22,24)/t13-/m1/s1. The van der Waals surface area contributed by atoms with Crippen molar-refractivity contribution < 1.29 is 9.18 Å². The highest BCUT2D eigenvalue weighted by Gasteiger charge is 2.24. The Balaban J connectivity index is 1.49. The van der Waals surface area contributed by atoms with Gasteiger partial charge in [0.1, 0.15) is 5.82 Å². The van der Waals surface area contributed by atoms with Gasteiger partial charge in [0, 0.05) is 37.6 Å². The van der Waals surface area contributed by atoms with Gasteiger partial charge >= 0.3 is 0 Å². The number of hydrogen-bond acceptors (Lipinski definition) is 3. The van der Waals surface area contributed by atoms with Gasteiger partial charge in [-0.2, -0.15) is 0 Å². The summed E-state index contributed by atoms with van der Waals surface area (Å²) >= 11 is 5.98. The Morgan fingerprint density at radius 1 is 1.38 bits per heavy atom. The Morgan fingerprint density at radius 2 is 2.21 bits per heavy atom. The quantitative estimate of drug-likeness (QED) is 0.903. The van der Waals surface area contributed by atoms with Crippen LogP contribution < -0.4 is 5.32 Å². The van der Waals surface area contributed by atoms with Crippen LogP contribution in [0, 0.1) is 11.7 Å². The van der Waals surface area contributed by atoms with Gasteiger partial charge in [0.05, 0.1) is 10.6 Å². The molecule has 2 heterocycles. The average molecular weight is 348 g/mol. The van der Waals surface area contributed by atoms with Crippen LogP contribution >= 0.6 is 11.6 Å². The minimum Gasteiger partial charge on any atom is -0.352 e. The molecule has 1 aliphatic rings. The molecule has 0 saturated carbocycles. The number of amides is 1. The predicted molar refractivity (Wildman–Crippen MR) is 91.4 cm³/mol. The summed E-state index contributed by atoms with van der Waals surface area (Å²) in [5, 5.41) is 3.28. The SMILES string of the molecule is O=C(NC[C@H]1CCN(Cc2ccccc2F)C1)c1ccncc1Cl. The van der Waals surface area contributed by atoms with Crippen molar-refractivity contribution in [2.75, 3.05) is 19.6 Å². The van der Waals surface area contributed by atoms with Crippen molar-refractivity contribution in [3.05, 3.63) is 64.7 Å². The van der Waals surface area contributed by atoms with Gasteiger partial charge in [0.15, 0.2) is 0 Å². The number of hydrogen-bond donors (Lipinski definition) is 1. The molecule has 1 aromatic carbocycles. The lowest BCUT2D eigenvalue weighted by atomic mass is 10.1. The first kappa shape index (κ1) is 16.9. The lowest BCUT2D eigenvalue weighted by molar-refractivity contribution is 0.0947. The number of halogens is 2. The van der Waals surface area contributed by atoms with Gasteiger partial charge in [-0.05, 0) is 31.0 Å². The van der Waals surface area contributed by atoms with E-state index in [2.05, 4.69) is 15.2 Å². The first-order chi connectivity index (χ1) is 11.6. The second-order valence-electron chi connectivity index (χ2n) is 6.05. The molecule has 1 amide bonds. The third-order valence-electron chi connectivity index (χ3n) is 4.29. The van der Waals surface area contributed by atoms with Crippen molar-refractivity contribution in [1.29, 1.82) is 0 Å². The molecule has 1 aliphatic heterocycles. The molecular weight excluding hydrogens is 329 g/mol. The van der Waals surface area contributed by atoms with Crippen molar-refractivity contribution in [3.8, 4) is 0 Å². The molecule has 0 spiro atoms. The van der Waals surface area contributed by atoms with E-state index in [1.165, 1.54) is 12.3 Å². The molecule has 4 nitrogen and oxygen atoms in total. The normalized spacial score (nSPS) is 17.8. The molecule has 6 heteroatoms. The van der Waals surface area contributed by atoms with E-state index < -0.39 is 0 Å². The monoisotopic (exact) mass is 347 g/mol. The maximum absolute atomic E-state index is 13.7. The van der Waals surface area contributed by atoms with Crippen molar-refractivity contribution in [2.45, 2.75) is 13.0 Å². The highest BCUT2D eigenvalue weighted by Crippen LogP contribution is 2.20. The lowest BCUT2D eigenvalue weighted by Gasteiger charge is -2.17. The number of pyridine rings is 1. The maximum Gasteiger partial charge on any atom is 0.252 e. The zero-order valence-corrected chi connectivity index (χ0v) is 14.0. The van der Waals surface area contributed by atoms with Crippen LogP contribution in [-0.4, -0.2) is 35.4 Å². The molecule has 126 valence electrons. The molecular formula is C18H19ClFN3O. The molecule has 1 atom stereocenters. The molecule has 2 aromatic rings. The van der Waals surface area contributed by atoms with E-state index in [-0.39, 0.29) is 11.7 Å². The Bertz CT molecular complexity index is 725. The number of carbonyl (C=O) groups is 1. The maximum atomic E-state index is 13.7. The minimum atomic E-state index is -0.185. The molecule has 1 fully saturated rings. The fourth-order valence-corrected chi connectivity index (χ4v) is 3.19. The first-order valence-electron chi connectivity index (χ1n) is 7.97. The van der Waals surface area contributed by atoms with E-state index in [1.807, 2.05) is 12.1 Å². The topological polar surface area (TPSA) is 45.2 Å². The number of nitrogens with one attached hydrogen (secondary N) is 1.